The smallest absolute Gasteiger partial charge is 0.147 e. The molecule has 0 fully saturated rings. The van der Waals surface area contributed by atoms with Crippen molar-refractivity contribution in [3.8, 4) is 0 Å². The molecule has 0 aliphatic rings. The average Bonchev–Trinajstić information content (AvgIpc) is 2.38. The van der Waals surface area contributed by atoms with E-state index >= 15 is 0 Å². The summed E-state index contributed by atoms with van der Waals surface area (Å²) in [7, 11) is 1.80. The second-order valence-electron chi connectivity index (χ2n) is 4.06. The molecule has 0 aromatic carbocycles. The Morgan fingerprint density at radius 1 is 1.24 bits per heavy atom. The second-order valence-corrected chi connectivity index (χ2v) is 4.06. The molecule has 17 heavy (non-hydrogen) atoms. The summed E-state index contributed by atoms with van der Waals surface area (Å²) in [6, 6.07) is 0. The van der Waals surface area contributed by atoms with E-state index in [1.165, 1.54) is 0 Å². The second kappa shape index (κ2) is 7.06. The van der Waals surface area contributed by atoms with Gasteiger partial charge in [-0.15, -0.1) is 0 Å². The molecular weight excluding hydrogens is 216 g/mol. The third-order valence-corrected chi connectivity index (χ3v) is 2.98. The number of anilines is 2. The zero-order chi connectivity index (χ0) is 12.7. The molecule has 0 aliphatic heterocycles. The molecule has 1 aromatic rings. The number of hydrogen-bond donors (Lipinski definition) is 3. The average molecular weight is 238 g/mol. The third-order valence-electron chi connectivity index (χ3n) is 2.98. The number of aromatic nitrogens is 2. The number of rotatable bonds is 7. The Kier molecular flexibility index (Phi) is 5.69. The predicted molar refractivity (Wildman–Crippen MR) is 70.1 cm³/mol. The van der Waals surface area contributed by atoms with E-state index in [-0.39, 0.29) is 6.10 Å². The van der Waals surface area contributed by atoms with Crippen LogP contribution in [0.15, 0.2) is 12.4 Å². The number of aliphatic hydroxyl groups excluding tert-OH is 1. The standard InChI is InChI=1S/C12H22N4O/c1-4-9(5-2)10(17)6-15-12-8-14-7-11(13-3)16-12/h7-10,17H,4-6H2,1-3H3,(H2,13,15,16). The van der Waals surface area contributed by atoms with E-state index in [1.807, 2.05) is 0 Å². The Labute approximate surface area is 103 Å². The van der Waals surface area contributed by atoms with Crippen LogP contribution in [0.3, 0.4) is 0 Å². The van der Waals surface area contributed by atoms with Crippen LogP contribution in [0.5, 0.6) is 0 Å². The maximum Gasteiger partial charge on any atom is 0.147 e. The minimum Gasteiger partial charge on any atom is -0.391 e. The van der Waals surface area contributed by atoms with Crippen LogP contribution in [0.1, 0.15) is 26.7 Å². The van der Waals surface area contributed by atoms with Crippen LogP contribution in [-0.4, -0.2) is 34.8 Å². The van der Waals surface area contributed by atoms with E-state index in [9.17, 15) is 5.11 Å². The summed E-state index contributed by atoms with van der Waals surface area (Å²) in [5, 5.41) is 16.0. The lowest BCUT2D eigenvalue weighted by Gasteiger charge is -2.20. The zero-order valence-corrected chi connectivity index (χ0v) is 10.8. The van der Waals surface area contributed by atoms with Crippen molar-refractivity contribution in [3.05, 3.63) is 12.4 Å². The molecule has 1 rings (SSSR count). The van der Waals surface area contributed by atoms with Crippen molar-refractivity contribution in [2.75, 3.05) is 24.2 Å². The Bertz CT molecular complexity index is 328. The first-order valence-electron chi connectivity index (χ1n) is 6.13. The molecule has 1 aromatic heterocycles. The van der Waals surface area contributed by atoms with Gasteiger partial charge < -0.3 is 15.7 Å². The van der Waals surface area contributed by atoms with Gasteiger partial charge >= 0.3 is 0 Å². The molecule has 0 spiro atoms. The molecular formula is C12H22N4O. The van der Waals surface area contributed by atoms with Crippen LogP contribution in [0, 0.1) is 5.92 Å². The van der Waals surface area contributed by atoms with Crippen molar-refractivity contribution in [2.24, 2.45) is 5.92 Å². The molecule has 0 saturated heterocycles. The Morgan fingerprint density at radius 2 is 1.88 bits per heavy atom. The quantitative estimate of drug-likeness (QED) is 0.675. The van der Waals surface area contributed by atoms with Crippen molar-refractivity contribution < 1.29 is 5.11 Å². The fourth-order valence-electron chi connectivity index (χ4n) is 1.78. The van der Waals surface area contributed by atoms with Crippen molar-refractivity contribution in [3.63, 3.8) is 0 Å². The first kappa shape index (κ1) is 13.7. The normalized spacial score (nSPS) is 12.5. The SMILES string of the molecule is CCC(CC)C(O)CNc1cncc(NC)n1. The fourth-order valence-corrected chi connectivity index (χ4v) is 1.78. The van der Waals surface area contributed by atoms with Gasteiger partial charge in [0.2, 0.25) is 0 Å². The maximum absolute atomic E-state index is 9.97. The molecule has 5 heteroatoms. The highest BCUT2D eigenvalue weighted by molar-refractivity contribution is 5.40. The zero-order valence-electron chi connectivity index (χ0n) is 10.8. The van der Waals surface area contributed by atoms with Crippen LogP contribution in [0.4, 0.5) is 11.6 Å². The minimum absolute atomic E-state index is 0.336. The minimum atomic E-state index is -0.343. The first-order chi connectivity index (χ1) is 8.21. The van der Waals surface area contributed by atoms with Crippen molar-refractivity contribution in [1.82, 2.24) is 9.97 Å². The molecule has 5 nitrogen and oxygen atoms in total. The van der Waals surface area contributed by atoms with Gasteiger partial charge in [-0.1, -0.05) is 26.7 Å². The molecule has 1 atom stereocenters. The fraction of sp³-hybridized carbons (Fsp3) is 0.667. The van der Waals surface area contributed by atoms with Gasteiger partial charge in [-0.05, 0) is 5.92 Å². The Balaban J connectivity index is 2.49. The van der Waals surface area contributed by atoms with E-state index in [1.54, 1.807) is 19.4 Å². The lowest BCUT2D eigenvalue weighted by atomic mass is 9.97. The highest BCUT2D eigenvalue weighted by Crippen LogP contribution is 2.14. The molecule has 0 amide bonds. The number of nitrogens with one attached hydrogen (secondary N) is 2. The van der Waals surface area contributed by atoms with Gasteiger partial charge in [-0.3, -0.25) is 4.98 Å². The van der Waals surface area contributed by atoms with Gasteiger partial charge in [0.25, 0.3) is 0 Å². The third kappa shape index (κ3) is 4.19. The Morgan fingerprint density at radius 3 is 2.47 bits per heavy atom. The topological polar surface area (TPSA) is 70.1 Å². The monoisotopic (exact) mass is 238 g/mol. The molecule has 1 unspecified atom stereocenters. The molecule has 96 valence electrons. The van der Waals surface area contributed by atoms with E-state index < -0.39 is 0 Å². The summed E-state index contributed by atoms with van der Waals surface area (Å²) < 4.78 is 0. The largest absolute Gasteiger partial charge is 0.391 e. The van der Waals surface area contributed by atoms with Gasteiger partial charge in [-0.25, -0.2) is 4.98 Å². The molecule has 0 saturated carbocycles. The summed E-state index contributed by atoms with van der Waals surface area (Å²) in [4.78, 5) is 8.33. The summed E-state index contributed by atoms with van der Waals surface area (Å²) in [6.07, 6.45) is 4.94. The van der Waals surface area contributed by atoms with Crippen LogP contribution in [-0.2, 0) is 0 Å². The van der Waals surface area contributed by atoms with Gasteiger partial charge in [-0.2, -0.15) is 0 Å². The highest BCUT2D eigenvalue weighted by atomic mass is 16.3. The molecule has 3 N–H and O–H groups in total. The van der Waals surface area contributed by atoms with E-state index in [0.717, 1.165) is 12.8 Å². The molecule has 0 bridgehead atoms. The summed E-state index contributed by atoms with van der Waals surface area (Å²) in [5.41, 5.74) is 0. The number of nitrogens with zero attached hydrogens (tertiary/aromatic N) is 2. The number of hydrogen-bond acceptors (Lipinski definition) is 5. The van der Waals surface area contributed by atoms with Gasteiger partial charge in [0, 0.05) is 13.6 Å². The van der Waals surface area contributed by atoms with Gasteiger partial charge in [0.05, 0.1) is 18.5 Å². The van der Waals surface area contributed by atoms with Crippen LogP contribution in [0.25, 0.3) is 0 Å². The Hall–Kier alpha value is -1.36. The van der Waals surface area contributed by atoms with Crippen molar-refractivity contribution in [2.45, 2.75) is 32.8 Å². The number of aliphatic hydroxyl groups is 1. The van der Waals surface area contributed by atoms with E-state index in [0.29, 0.717) is 24.1 Å². The van der Waals surface area contributed by atoms with Crippen LogP contribution in [0.2, 0.25) is 0 Å². The maximum atomic E-state index is 9.97. The summed E-state index contributed by atoms with van der Waals surface area (Å²) in [5.74, 6) is 1.73. The van der Waals surface area contributed by atoms with Crippen LogP contribution >= 0.6 is 0 Å². The highest BCUT2D eigenvalue weighted by Gasteiger charge is 2.15. The van der Waals surface area contributed by atoms with Gasteiger partial charge in [0.1, 0.15) is 11.6 Å². The van der Waals surface area contributed by atoms with E-state index in [2.05, 4.69) is 34.4 Å². The van der Waals surface area contributed by atoms with Crippen molar-refractivity contribution in [1.29, 1.82) is 0 Å². The van der Waals surface area contributed by atoms with E-state index in [4.69, 9.17) is 0 Å². The predicted octanol–water partition coefficient (Wildman–Crippen LogP) is 1.73. The summed E-state index contributed by atoms with van der Waals surface area (Å²) in [6.45, 7) is 4.70. The van der Waals surface area contributed by atoms with Crippen LogP contribution < -0.4 is 10.6 Å². The van der Waals surface area contributed by atoms with Crippen molar-refractivity contribution >= 4 is 11.6 Å². The first-order valence-corrected chi connectivity index (χ1v) is 6.13. The molecule has 1 heterocycles. The lowest BCUT2D eigenvalue weighted by Crippen LogP contribution is -2.28. The molecule has 0 radical (unpaired) electrons. The lowest BCUT2D eigenvalue weighted by molar-refractivity contribution is 0.114. The molecule has 0 aliphatic carbocycles. The summed E-state index contributed by atoms with van der Waals surface area (Å²) >= 11 is 0. The van der Waals surface area contributed by atoms with Gasteiger partial charge in [0.15, 0.2) is 0 Å².